The van der Waals surface area contributed by atoms with Gasteiger partial charge in [-0.25, -0.2) is 0 Å². The van der Waals surface area contributed by atoms with Crippen molar-refractivity contribution >= 4 is 22.6 Å². The van der Waals surface area contributed by atoms with Gasteiger partial charge in [0.15, 0.2) is 0 Å². The largest absolute Gasteiger partial charge is 0.481 e. The fourth-order valence-corrected chi connectivity index (χ4v) is 3.92. The van der Waals surface area contributed by atoms with E-state index in [1.54, 1.807) is 0 Å². The van der Waals surface area contributed by atoms with Crippen LogP contribution in [0.4, 0.5) is 5.69 Å². The molecule has 4 nitrogen and oxygen atoms in total. The lowest BCUT2D eigenvalue weighted by Gasteiger charge is -2.29. The van der Waals surface area contributed by atoms with Gasteiger partial charge in [-0.2, -0.15) is 0 Å². The molecule has 0 aliphatic heterocycles. The van der Waals surface area contributed by atoms with Crippen molar-refractivity contribution in [3.05, 3.63) is 96.2 Å². The second kappa shape index (κ2) is 8.46. The van der Waals surface area contributed by atoms with E-state index in [-0.39, 0.29) is 6.42 Å². The second-order valence-electron chi connectivity index (χ2n) is 7.84. The maximum atomic E-state index is 11.3. The molecule has 0 radical (unpaired) electrons. The van der Waals surface area contributed by atoms with Gasteiger partial charge in [0.1, 0.15) is 0 Å². The Balaban J connectivity index is 1.67. The molecule has 0 aliphatic rings. The summed E-state index contributed by atoms with van der Waals surface area (Å²) in [4.78, 5) is 13.7. The van der Waals surface area contributed by atoms with E-state index >= 15 is 0 Å². The summed E-state index contributed by atoms with van der Waals surface area (Å²) >= 11 is 0. The minimum Gasteiger partial charge on any atom is -0.481 e. The van der Waals surface area contributed by atoms with Gasteiger partial charge in [-0.15, -0.1) is 0 Å². The Kier molecular flexibility index (Phi) is 5.57. The molecule has 0 spiro atoms. The van der Waals surface area contributed by atoms with Gasteiger partial charge in [0.05, 0.1) is 11.9 Å². The van der Waals surface area contributed by atoms with Crippen LogP contribution < -0.4 is 4.90 Å². The molecule has 0 saturated heterocycles. The van der Waals surface area contributed by atoms with Gasteiger partial charge in [0.2, 0.25) is 0 Å². The van der Waals surface area contributed by atoms with Crippen molar-refractivity contribution in [3.63, 3.8) is 0 Å². The topological polar surface area (TPSA) is 45.5 Å². The Morgan fingerprint density at radius 3 is 2.27 bits per heavy atom. The van der Waals surface area contributed by atoms with Crippen LogP contribution in [0.15, 0.2) is 85.1 Å². The third-order valence-electron chi connectivity index (χ3n) is 5.41. The Labute approximate surface area is 177 Å². The number of hydrogen-bond acceptors (Lipinski definition) is 2. The van der Waals surface area contributed by atoms with Crippen LogP contribution in [0.1, 0.15) is 25.0 Å². The van der Waals surface area contributed by atoms with E-state index in [4.69, 9.17) is 0 Å². The first kappa shape index (κ1) is 19.8. The summed E-state index contributed by atoms with van der Waals surface area (Å²) < 4.78 is 2.08. The lowest BCUT2D eigenvalue weighted by molar-refractivity contribution is -0.136. The highest BCUT2D eigenvalue weighted by Crippen LogP contribution is 2.27. The van der Waals surface area contributed by atoms with Gasteiger partial charge >= 0.3 is 5.97 Å². The monoisotopic (exact) mass is 398 g/mol. The molecule has 4 rings (SSSR count). The van der Waals surface area contributed by atoms with E-state index in [1.807, 2.05) is 36.5 Å². The summed E-state index contributed by atoms with van der Waals surface area (Å²) in [5, 5.41) is 10.2. The average Bonchev–Trinajstić information content (AvgIpc) is 3.11. The molecule has 4 aromatic rings. The van der Waals surface area contributed by atoms with Crippen molar-refractivity contribution in [3.8, 4) is 5.69 Å². The summed E-state index contributed by atoms with van der Waals surface area (Å²) in [5.41, 5.74) is 5.32. The molecule has 0 fully saturated rings. The predicted octanol–water partition coefficient (Wildman–Crippen LogP) is 5.67. The highest BCUT2D eigenvalue weighted by Gasteiger charge is 2.14. The third kappa shape index (κ3) is 4.08. The normalized spacial score (nSPS) is 11.2. The average molecular weight is 399 g/mol. The summed E-state index contributed by atoms with van der Waals surface area (Å²) in [5.74, 6) is -0.818. The number of anilines is 1. The quantitative estimate of drug-likeness (QED) is 0.436. The summed E-state index contributed by atoms with van der Waals surface area (Å²) in [6.07, 6.45) is 1.96. The maximum Gasteiger partial charge on any atom is 0.307 e. The molecule has 0 saturated carbocycles. The number of hydrogen-bond donors (Lipinski definition) is 1. The molecule has 0 aliphatic carbocycles. The van der Waals surface area contributed by atoms with Gasteiger partial charge in [0.25, 0.3) is 0 Å². The number of carboxylic acid groups (broad SMARTS) is 1. The van der Waals surface area contributed by atoms with Gasteiger partial charge in [0, 0.05) is 35.5 Å². The molecule has 152 valence electrons. The maximum absolute atomic E-state index is 11.3. The van der Waals surface area contributed by atoms with Crippen LogP contribution >= 0.6 is 0 Å². The lowest BCUT2D eigenvalue weighted by Crippen LogP contribution is -2.30. The first-order valence-corrected chi connectivity index (χ1v) is 10.2. The zero-order valence-corrected chi connectivity index (χ0v) is 17.3. The Hall–Kier alpha value is -3.53. The SMILES string of the molecule is CC(C)N(Cc1ccccc1)c1ccc(-n2cc(CC(=O)O)c3ccccc32)cc1. The summed E-state index contributed by atoms with van der Waals surface area (Å²) in [6.45, 7) is 5.26. The minimum atomic E-state index is -0.818. The lowest BCUT2D eigenvalue weighted by atomic mass is 10.1. The highest BCUT2D eigenvalue weighted by atomic mass is 16.4. The van der Waals surface area contributed by atoms with E-state index in [2.05, 4.69) is 71.8 Å². The fraction of sp³-hybridized carbons (Fsp3) is 0.192. The molecular weight excluding hydrogens is 372 g/mol. The number of rotatable bonds is 7. The smallest absolute Gasteiger partial charge is 0.307 e. The summed E-state index contributed by atoms with van der Waals surface area (Å²) in [6, 6.07) is 27.3. The first-order valence-electron chi connectivity index (χ1n) is 10.2. The van der Waals surface area contributed by atoms with Crippen molar-refractivity contribution in [2.45, 2.75) is 32.9 Å². The van der Waals surface area contributed by atoms with E-state index < -0.39 is 5.97 Å². The molecule has 3 aromatic carbocycles. The van der Waals surface area contributed by atoms with E-state index in [1.165, 1.54) is 11.3 Å². The standard InChI is InChI=1S/C26H26N2O2/c1-19(2)27(17-20-8-4-3-5-9-20)22-12-14-23(15-13-22)28-18-21(16-26(29)30)24-10-6-7-11-25(24)28/h3-15,18-19H,16-17H2,1-2H3,(H,29,30). The number of aromatic nitrogens is 1. The number of aliphatic carboxylic acids is 1. The third-order valence-corrected chi connectivity index (χ3v) is 5.41. The number of benzene rings is 3. The van der Waals surface area contributed by atoms with Gasteiger partial charge in [-0.05, 0) is 55.3 Å². The van der Waals surface area contributed by atoms with Crippen molar-refractivity contribution in [2.75, 3.05) is 4.90 Å². The van der Waals surface area contributed by atoms with Crippen molar-refractivity contribution in [1.29, 1.82) is 0 Å². The van der Waals surface area contributed by atoms with Gasteiger partial charge in [-0.1, -0.05) is 48.5 Å². The van der Waals surface area contributed by atoms with Crippen LogP contribution in [0.5, 0.6) is 0 Å². The molecular formula is C26H26N2O2. The number of carboxylic acids is 1. The molecule has 0 bridgehead atoms. The molecule has 1 N–H and O–H groups in total. The second-order valence-corrected chi connectivity index (χ2v) is 7.84. The van der Waals surface area contributed by atoms with Crippen LogP contribution in [0, 0.1) is 0 Å². The van der Waals surface area contributed by atoms with Crippen LogP contribution in [0.3, 0.4) is 0 Å². The summed E-state index contributed by atoms with van der Waals surface area (Å²) in [7, 11) is 0. The molecule has 1 aromatic heterocycles. The van der Waals surface area contributed by atoms with E-state index in [0.717, 1.165) is 28.7 Å². The zero-order valence-electron chi connectivity index (χ0n) is 17.3. The molecule has 0 amide bonds. The van der Waals surface area contributed by atoms with Gasteiger partial charge in [-0.3, -0.25) is 4.79 Å². The molecule has 0 atom stereocenters. The zero-order chi connectivity index (χ0) is 21.1. The van der Waals surface area contributed by atoms with Crippen molar-refractivity contribution in [2.24, 2.45) is 0 Å². The number of para-hydroxylation sites is 1. The van der Waals surface area contributed by atoms with E-state index in [9.17, 15) is 9.90 Å². The fourth-order valence-electron chi connectivity index (χ4n) is 3.92. The van der Waals surface area contributed by atoms with E-state index in [0.29, 0.717) is 6.04 Å². The molecule has 4 heteroatoms. The Morgan fingerprint density at radius 1 is 0.933 bits per heavy atom. The van der Waals surface area contributed by atoms with Crippen molar-refractivity contribution in [1.82, 2.24) is 4.57 Å². The minimum absolute atomic E-state index is 0.0177. The highest BCUT2D eigenvalue weighted by molar-refractivity contribution is 5.88. The van der Waals surface area contributed by atoms with Gasteiger partial charge < -0.3 is 14.6 Å². The first-order chi connectivity index (χ1) is 14.5. The predicted molar refractivity (Wildman–Crippen MR) is 122 cm³/mol. The van der Waals surface area contributed by atoms with Crippen LogP contribution in [0.2, 0.25) is 0 Å². The van der Waals surface area contributed by atoms with Crippen LogP contribution in [-0.4, -0.2) is 21.7 Å². The molecule has 0 unspecified atom stereocenters. The Morgan fingerprint density at radius 2 is 1.60 bits per heavy atom. The molecule has 30 heavy (non-hydrogen) atoms. The Bertz CT molecular complexity index is 1140. The van der Waals surface area contributed by atoms with Crippen molar-refractivity contribution < 1.29 is 9.90 Å². The van der Waals surface area contributed by atoms with Crippen LogP contribution in [-0.2, 0) is 17.8 Å². The van der Waals surface area contributed by atoms with Crippen LogP contribution in [0.25, 0.3) is 16.6 Å². The number of carbonyl (C=O) groups is 1. The number of nitrogens with zero attached hydrogens (tertiary/aromatic N) is 2. The number of fused-ring (bicyclic) bond motifs is 1. The molecule has 1 heterocycles.